The van der Waals surface area contributed by atoms with Crippen LogP contribution >= 0.6 is 15.9 Å². The van der Waals surface area contributed by atoms with Gasteiger partial charge in [0.05, 0.1) is 0 Å². The van der Waals surface area contributed by atoms with Gasteiger partial charge in [-0.3, -0.25) is 0 Å². The minimum atomic E-state index is 0.441. The summed E-state index contributed by atoms with van der Waals surface area (Å²) >= 11 is 3.72. The lowest BCUT2D eigenvalue weighted by Crippen LogP contribution is -2.21. The molecule has 0 nitrogen and oxygen atoms in total. The van der Waals surface area contributed by atoms with Gasteiger partial charge in [0.2, 0.25) is 0 Å². The zero-order chi connectivity index (χ0) is 15.3. The van der Waals surface area contributed by atoms with Crippen LogP contribution in [0.5, 0.6) is 0 Å². The molecule has 0 aromatic heterocycles. The summed E-state index contributed by atoms with van der Waals surface area (Å²) in [6.07, 6.45) is 6.40. The molecule has 0 bridgehead atoms. The van der Waals surface area contributed by atoms with Crippen LogP contribution in [0.2, 0.25) is 0 Å². The van der Waals surface area contributed by atoms with Crippen molar-refractivity contribution in [1.82, 2.24) is 0 Å². The van der Waals surface area contributed by atoms with E-state index in [0.29, 0.717) is 10.8 Å². The van der Waals surface area contributed by atoms with Crippen LogP contribution in [0.3, 0.4) is 0 Å². The standard InChI is InChI=1S/C18H36Br/c1-14(11-17(3,4)5)9-10-16(13-19)15(2)12-18(6,7)8/h9,14-16H,10-13H2,1-8H3. The SMILES string of the molecule is CC([CH]CC(CBr)C(C)CC(C)(C)C)CC(C)(C)C. The molecule has 3 atom stereocenters. The van der Waals surface area contributed by atoms with Gasteiger partial charge in [0.25, 0.3) is 0 Å². The zero-order valence-electron chi connectivity index (χ0n) is 14.5. The number of alkyl halides is 1. The fraction of sp³-hybridized carbons (Fsp3) is 0.944. The second-order valence-electron chi connectivity index (χ2n) is 8.87. The van der Waals surface area contributed by atoms with Gasteiger partial charge in [-0.05, 0) is 54.3 Å². The van der Waals surface area contributed by atoms with Crippen LogP contribution in [0.1, 0.15) is 74.7 Å². The molecule has 1 radical (unpaired) electrons. The van der Waals surface area contributed by atoms with Crippen molar-refractivity contribution in [2.75, 3.05) is 5.33 Å². The molecule has 0 saturated heterocycles. The first-order valence-corrected chi connectivity index (χ1v) is 8.96. The smallest absolute Gasteiger partial charge is 0.00623 e. The highest BCUT2D eigenvalue weighted by molar-refractivity contribution is 9.09. The van der Waals surface area contributed by atoms with E-state index in [2.05, 4.69) is 77.7 Å². The van der Waals surface area contributed by atoms with E-state index in [1.165, 1.54) is 19.3 Å². The Kier molecular flexibility index (Phi) is 8.26. The van der Waals surface area contributed by atoms with Gasteiger partial charge in [0, 0.05) is 5.33 Å². The molecule has 0 rings (SSSR count). The third-order valence-electron chi connectivity index (χ3n) is 3.71. The summed E-state index contributed by atoms with van der Waals surface area (Å²) in [5, 5.41) is 1.13. The Morgan fingerprint density at radius 1 is 0.895 bits per heavy atom. The van der Waals surface area contributed by atoms with Crippen LogP contribution < -0.4 is 0 Å². The van der Waals surface area contributed by atoms with Crippen LogP contribution in [0.25, 0.3) is 0 Å². The minimum absolute atomic E-state index is 0.441. The van der Waals surface area contributed by atoms with Crippen LogP contribution in [0.15, 0.2) is 0 Å². The Morgan fingerprint density at radius 3 is 1.74 bits per heavy atom. The van der Waals surface area contributed by atoms with Gasteiger partial charge in [-0.1, -0.05) is 71.3 Å². The van der Waals surface area contributed by atoms with Gasteiger partial charge in [-0.25, -0.2) is 0 Å². The molecule has 0 saturated carbocycles. The van der Waals surface area contributed by atoms with E-state index in [4.69, 9.17) is 0 Å². The number of rotatable bonds is 7. The van der Waals surface area contributed by atoms with Crippen molar-refractivity contribution < 1.29 is 0 Å². The van der Waals surface area contributed by atoms with E-state index in [-0.39, 0.29) is 0 Å². The number of halogens is 1. The number of hydrogen-bond acceptors (Lipinski definition) is 0. The summed E-state index contributed by atoms with van der Waals surface area (Å²) in [4.78, 5) is 0. The largest absolute Gasteiger partial charge is 0.0925 e. The molecule has 0 heterocycles. The Morgan fingerprint density at radius 2 is 1.37 bits per heavy atom. The monoisotopic (exact) mass is 331 g/mol. The number of hydrogen-bond donors (Lipinski definition) is 0. The van der Waals surface area contributed by atoms with Gasteiger partial charge in [0.15, 0.2) is 0 Å². The van der Waals surface area contributed by atoms with E-state index < -0.39 is 0 Å². The molecule has 0 amide bonds. The van der Waals surface area contributed by atoms with Crippen LogP contribution in [-0.2, 0) is 0 Å². The van der Waals surface area contributed by atoms with Crippen molar-refractivity contribution in [3.8, 4) is 0 Å². The summed E-state index contributed by atoms with van der Waals surface area (Å²) in [5.41, 5.74) is 0.883. The predicted octanol–water partition coefficient (Wildman–Crippen LogP) is 6.74. The normalized spacial score (nSPS) is 18.2. The summed E-state index contributed by atoms with van der Waals surface area (Å²) in [7, 11) is 0. The van der Waals surface area contributed by atoms with Crippen LogP contribution in [0, 0.1) is 35.0 Å². The molecule has 0 aromatic carbocycles. The van der Waals surface area contributed by atoms with E-state index in [1.54, 1.807) is 0 Å². The lowest BCUT2D eigenvalue weighted by molar-refractivity contribution is 0.244. The quantitative estimate of drug-likeness (QED) is 0.453. The minimum Gasteiger partial charge on any atom is -0.0925 e. The van der Waals surface area contributed by atoms with Crippen molar-refractivity contribution in [2.45, 2.75) is 74.7 Å². The molecule has 0 spiro atoms. The summed E-state index contributed by atoms with van der Waals surface area (Å²) in [5.74, 6) is 2.29. The molecule has 0 aliphatic carbocycles. The highest BCUT2D eigenvalue weighted by atomic mass is 79.9. The zero-order valence-corrected chi connectivity index (χ0v) is 16.1. The fourth-order valence-electron chi connectivity index (χ4n) is 3.04. The maximum Gasteiger partial charge on any atom is 0.00623 e. The van der Waals surface area contributed by atoms with E-state index >= 15 is 0 Å². The summed E-state index contributed by atoms with van der Waals surface area (Å²) in [6.45, 7) is 18.8. The van der Waals surface area contributed by atoms with Crippen molar-refractivity contribution in [1.29, 1.82) is 0 Å². The van der Waals surface area contributed by atoms with Gasteiger partial charge in [0.1, 0.15) is 0 Å². The molecule has 19 heavy (non-hydrogen) atoms. The molecule has 0 aromatic rings. The van der Waals surface area contributed by atoms with Gasteiger partial charge < -0.3 is 0 Å². The first-order chi connectivity index (χ1) is 8.44. The molecule has 115 valence electrons. The second-order valence-corrected chi connectivity index (χ2v) is 9.52. The Hall–Kier alpha value is 0.480. The van der Waals surface area contributed by atoms with E-state index in [1.807, 2.05) is 0 Å². The fourth-order valence-corrected chi connectivity index (χ4v) is 3.94. The highest BCUT2D eigenvalue weighted by Crippen LogP contribution is 2.33. The Balaban J connectivity index is 4.19. The molecule has 0 fully saturated rings. The van der Waals surface area contributed by atoms with Crippen molar-refractivity contribution in [3.05, 3.63) is 6.42 Å². The third-order valence-corrected chi connectivity index (χ3v) is 4.54. The van der Waals surface area contributed by atoms with Crippen molar-refractivity contribution in [2.24, 2.45) is 28.6 Å². The maximum atomic E-state index is 3.72. The van der Waals surface area contributed by atoms with Crippen molar-refractivity contribution >= 4 is 15.9 Å². The highest BCUT2D eigenvalue weighted by Gasteiger charge is 2.23. The third kappa shape index (κ3) is 10.9. The average Bonchev–Trinajstić information content (AvgIpc) is 2.12. The molecule has 3 unspecified atom stereocenters. The van der Waals surface area contributed by atoms with Gasteiger partial charge in [-0.2, -0.15) is 0 Å². The average molecular weight is 332 g/mol. The van der Waals surface area contributed by atoms with Gasteiger partial charge in [-0.15, -0.1) is 0 Å². The van der Waals surface area contributed by atoms with Gasteiger partial charge >= 0.3 is 0 Å². The summed E-state index contributed by atoms with van der Waals surface area (Å²) < 4.78 is 0. The van der Waals surface area contributed by atoms with E-state index in [9.17, 15) is 0 Å². The summed E-state index contributed by atoms with van der Waals surface area (Å²) in [6, 6.07) is 0. The lowest BCUT2D eigenvalue weighted by atomic mass is 9.77. The van der Waals surface area contributed by atoms with E-state index in [0.717, 1.165) is 23.1 Å². The van der Waals surface area contributed by atoms with Crippen LogP contribution in [0.4, 0.5) is 0 Å². The second kappa shape index (κ2) is 8.05. The molecule has 0 N–H and O–H groups in total. The molecule has 0 aliphatic heterocycles. The first-order valence-electron chi connectivity index (χ1n) is 7.84. The Bertz CT molecular complexity index is 231. The molecular weight excluding hydrogens is 296 g/mol. The first kappa shape index (κ1) is 19.5. The maximum absolute atomic E-state index is 3.72. The van der Waals surface area contributed by atoms with Crippen molar-refractivity contribution in [3.63, 3.8) is 0 Å². The lowest BCUT2D eigenvalue weighted by Gasteiger charge is -2.30. The molecular formula is C18H36Br. The Labute approximate surface area is 131 Å². The predicted molar refractivity (Wildman–Crippen MR) is 92.7 cm³/mol. The molecule has 1 heteroatoms. The molecule has 0 aliphatic rings. The van der Waals surface area contributed by atoms with Crippen LogP contribution in [-0.4, -0.2) is 5.33 Å². The topological polar surface area (TPSA) is 0 Å².